The molecule has 4 nitrogen and oxygen atoms in total. The zero-order valence-corrected chi connectivity index (χ0v) is 11.7. The molecule has 4 heteroatoms. The minimum absolute atomic E-state index is 0.130. The number of Topliss-reactive ketones (excluding diaryl/α,β-unsaturated/α-hetero) is 2. The second-order valence-electron chi connectivity index (χ2n) is 4.28. The van der Waals surface area contributed by atoms with Crippen LogP contribution < -0.4 is 0 Å². The molecule has 0 heterocycles. The Kier molecular flexibility index (Phi) is 6.37. The first-order chi connectivity index (χ1) is 9.56. The zero-order valence-electron chi connectivity index (χ0n) is 11.7. The van der Waals surface area contributed by atoms with Crippen molar-refractivity contribution in [3.8, 4) is 0 Å². The van der Waals surface area contributed by atoms with Gasteiger partial charge in [0.2, 0.25) is 5.78 Å². The smallest absolute Gasteiger partial charge is 0.375 e. The van der Waals surface area contributed by atoms with Gasteiger partial charge < -0.3 is 4.74 Å². The van der Waals surface area contributed by atoms with Gasteiger partial charge in [0, 0.05) is 6.42 Å². The minimum atomic E-state index is -0.940. The van der Waals surface area contributed by atoms with Crippen molar-refractivity contribution in [3.63, 3.8) is 0 Å². The van der Waals surface area contributed by atoms with E-state index in [-0.39, 0.29) is 18.8 Å². The minimum Gasteiger partial charge on any atom is -0.460 e. The third kappa shape index (κ3) is 5.18. The molecule has 0 aromatic heterocycles. The Morgan fingerprint density at radius 3 is 2.35 bits per heavy atom. The van der Waals surface area contributed by atoms with Crippen LogP contribution >= 0.6 is 0 Å². The van der Waals surface area contributed by atoms with Crippen LogP contribution in [0.15, 0.2) is 30.3 Å². The molecule has 0 aliphatic heterocycles. The van der Waals surface area contributed by atoms with Gasteiger partial charge in [-0.05, 0) is 25.0 Å². The van der Waals surface area contributed by atoms with Crippen LogP contribution in [0.3, 0.4) is 0 Å². The zero-order chi connectivity index (χ0) is 15.0. The second-order valence-corrected chi connectivity index (χ2v) is 4.28. The maximum Gasteiger partial charge on any atom is 0.375 e. The maximum atomic E-state index is 11.7. The van der Waals surface area contributed by atoms with Crippen LogP contribution in [0.1, 0.15) is 31.4 Å². The van der Waals surface area contributed by atoms with Crippen LogP contribution in [0.2, 0.25) is 0 Å². The van der Waals surface area contributed by atoms with Crippen LogP contribution in [0.25, 0.3) is 6.08 Å². The van der Waals surface area contributed by atoms with Crippen molar-refractivity contribution in [1.82, 2.24) is 0 Å². The number of ether oxygens (including phenoxy) is 1. The molecule has 0 N–H and O–H groups in total. The van der Waals surface area contributed by atoms with Gasteiger partial charge in [0.05, 0.1) is 13.0 Å². The molecule has 0 fully saturated rings. The Hall–Kier alpha value is -2.23. The summed E-state index contributed by atoms with van der Waals surface area (Å²) in [5, 5.41) is 0. The molecular formula is C16H18O4. The Bertz CT molecular complexity index is 512. The number of ketones is 2. The van der Waals surface area contributed by atoms with E-state index in [1.54, 1.807) is 6.92 Å². The summed E-state index contributed by atoms with van der Waals surface area (Å²) in [6, 6.07) is 7.47. The lowest BCUT2D eigenvalue weighted by Crippen LogP contribution is -2.21. The topological polar surface area (TPSA) is 60.4 Å². The summed E-state index contributed by atoms with van der Waals surface area (Å²) in [6.07, 6.45) is 3.62. The molecule has 1 rings (SSSR count). The summed E-state index contributed by atoms with van der Waals surface area (Å²) in [5.41, 5.74) is 1.87. The highest BCUT2D eigenvalue weighted by molar-refractivity contribution is 6.37. The first kappa shape index (κ1) is 15.8. The molecule has 0 unspecified atom stereocenters. The van der Waals surface area contributed by atoms with Crippen molar-refractivity contribution >= 4 is 23.6 Å². The summed E-state index contributed by atoms with van der Waals surface area (Å²) < 4.78 is 4.55. The predicted octanol–water partition coefficient (Wildman–Crippen LogP) is 2.35. The molecule has 1 aromatic rings. The van der Waals surface area contributed by atoms with E-state index in [9.17, 15) is 14.4 Å². The van der Waals surface area contributed by atoms with Crippen molar-refractivity contribution in [2.24, 2.45) is 0 Å². The number of benzene rings is 1. The molecule has 0 aliphatic carbocycles. The van der Waals surface area contributed by atoms with Gasteiger partial charge in [0.25, 0.3) is 0 Å². The fourth-order valence-electron chi connectivity index (χ4n) is 1.69. The fraction of sp³-hybridized carbons (Fsp3) is 0.312. The van der Waals surface area contributed by atoms with Crippen LogP contribution in [-0.4, -0.2) is 24.1 Å². The number of hydrogen-bond donors (Lipinski definition) is 0. The molecule has 0 atom stereocenters. The van der Waals surface area contributed by atoms with E-state index in [0.29, 0.717) is 0 Å². The molecule has 0 saturated heterocycles. The number of carbonyl (C=O) groups excluding carboxylic acids is 3. The standard InChI is InChI=1S/C16H18O4/c1-3-5-12-6-8-13(9-7-12)10-14(17)11-15(18)16(19)20-4-2/h3,5-9H,4,10-11H2,1-2H3. The van der Waals surface area contributed by atoms with Crippen LogP contribution in [0.5, 0.6) is 0 Å². The molecule has 0 spiro atoms. The van der Waals surface area contributed by atoms with Crippen molar-refractivity contribution in [2.75, 3.05) is 6.61 Å². The largest absolute Gasteiger partial charge is 0.460 e. The van der Waals surface area contributed by atoms with Crippen molar-refractivity contribution in [2.45, 2.75) is 26.7 Å². The fourth-order valence-corrected chi connectivity index (χ4v) is 1.69. The van der Waals surface area contributed by atoms with E-state index in [4.69, 9.17) is 0 Å². The first-order valence-corrected chi connectivity index (χ1v) is 6.50. The lowest BCUT2D eigenvalue weighted by Gasteiger charge is -2.02. The van der Waals surface area contributed by atoms with Gasteiger partial charge in [-0.2, -0.15) is 0 Å². The average Bonchev–Trinajstić information content (AvgIpc) is 2.41. The third-order valence-corrected chi connectivity index (χ3v) is 2.60. The molecule has 0 bridgehead atoms. The molecular weight excluding hydrogens is 256 g/mol. The van der Waals surface area contributed by atoms with Gasteiger partial charge >= 0.3 is 5.97 Å². The quantitative estimate of drug-likeness (QED) is 0.435. The normalized spacial score (nSPS) is 10.5. The van der Waals surface area contributed by atoms with Crippen molar-refractivity contribution in [3.05, 3.63) is 41.5 Å². The van der Waals surface area contributed by atoms with Gasteiger partial charge in [-0.25, -0.2) is 4.79 Å². The van der Waals surface area contributed by atoms with Crippen LogP contribution in [-0.2, 0) is 25.5 Å². The average molecular weight is 274 g/mol. The van der Waals surface area contributed by atoms with E-state index in [1.807, 2.05) is 43.3 Å². The van der Waals surface area contributed by atoms with Crippen LogP contribution in [0, 0.1) is 0 Å². The number of carbonyl (C=O) groups is 3. The summed E-state index contributed by atoms with van der Waals surface area (Å²) in [7, 11) is 0. The first-order valence-electron chi connectivity index (χ1n) is 6.50. The molecule has 0 radical (unpaired) electrons. The van der Waals surface area contributed by atoms with Crippen molar-refractivity contribution < 1.29 is 19.1 Å². The number of esters is 1. The molecule has 20 heavy (non-hydrogen) atoms. The Morgan fingerprint density at radius 1 is 1.15 bits per heavy atom. The van der Waals surface area contributed by atoms with Gasteiger partial charge in [-0.1, -0.05) is 36.4 Å². The molecule has 0 amide bonds. The maximum absolute atomic E-state index is 11.7. The highest BCUT2D eigenvalue weighted by Crippen LogP contribution is 2.08. The SMILES string of the molecule is CC=Cc1ccc(CC(=O)CC(=O)C(=O)OCC)cc1. The van der Waals surface area contributed by atoms with E-state index in [2.05, 4.69) is 4.74 Å². The predicted molar refractivity (Wildman–Crippen MR) is 76.1 cm³/mol. The highest BCUT2D eigenvalue weighted by atomic mass is 16.5. The highest BCUT2D eigenvalue weighted by Gasteiger charge is 2.18. The Labute approximate surface area is 118 Å². The molecule has 1 aromatic carbocycles. The Balaban J connectivity index is 2.54. The van der Waals surface area contributed by atoms with Gasteiger partial charge in [-0.3, -0.25) is 9.59 Å². The van der Waals surface area contributed by atoms with Gasteiger partial charge in [-0.15, -0.1) is 0 Å². The summed E-state index contributed by atoms with van der Waals surface area (Å²) in [5.74, 6) is -2.02. The van der Waals surface area contributed by atoms with Crippen LogP contribution in [0.4, 0.5) is 0 Å². The van der Waals surface area contributed by atoms with Crippen molar-refractivity contribution in [1.29, 1.82) is 0 Å². The second kappa shape index (κ2) is 8.04. The molecule has 0 saturated carbocycles. The van der Waals surface area contributed by atoms with E-state index in [0.717, 1.165) is 11.1 Å². The lowest BCUT2D eigenvalue weighted by molar-refractivity contribution is -0.154. The summed E-state index contributed by atoms with van der Waals surface area (Å²) >= 11 is 0. The number of allylic oxidation sites excluding steroid dienone is 1. The third-order valence-electron chi connectivity index (χ3n) is 2.60. The summed E-state index contributed by atoms with van der Waals surface area (Å²) in [6.45, 7) is 3.67. The molecule has 0 aliphatic rings. The number of hydrogen-bond acceptors (Lipinski definition) is 4. The summed E-state index contributed by atoms with van der Waals surface area (Å²) in [4.78, 5) is 34.2. The van der Waals surface area contributed by atoms with E-state index in [1.165, 1.54) is 0 Å². The van der Waals surface area contributed by atoms with E-state index >= 15 is 0 Å². The van der Waals surface area contributed by atoms with E-state index < -0.39 is 18.2 Å². The Morgan fingerprint density at radius 2 is 1.80 bits per heavy atom. The van der Waals surface area contributed by atoms with Gasteiger partial charge in [0.1, 0.15) is 5.78 Å². The van der Waals surface area contributed by atoms with Gasteiger partial charge in [0.15, 0.2) is 0 Å². The monoisotopic (exact) mass is 274 g/mol. The number of rotatable bonds is 7. The molecule has 106 valence electrons. The lowest BCUT2D eigenvalue weighted by atomic mass is 10.0.